The van der Waals surface area contributed by atoms with Crippen LogP contribution in [0.4, 0.5) is 0 Å². The van der Waals surface area contributed by atoms with E-state index in [1.807, 2.05) is 13.1 Å². The van der Waals surface area contributed by atoms with Gasteiger partial charge in [0.05, 0.1) is 11.5 Å². The molecule has 1 heterocycles. The molecular weight excluding hydrogens is 236 g/mol. The highest BCUT2D eigenvalue weighted by molar-refractivity contribution is 5.42. The van der Waals surface area contributed by atoms with Crippen LogP contribution in [0.25, 0.3) is 0 Å². The Labute approximate surface area is 112 Å². The molecular formula is C15H16N4. The molecule has 1 aromatic heterocycles. The van der Waals surface area contributed by atoms with Crippen molar-refractivity contribution >= 4 is 0 Å². The fourth-order valence-corrected chi connectivity index (χ4v) is 3.01. The van der Waals surface area contributed by atoms with Crippen LogP contribution in [0, 0.1) is 11.3 Å². The third-order valence-corrected chi connectivity index (χ3v) is 4.06. The molecule has 4 nitrogen and oxygen atoms in total. The van der Waals surface area contributed by atoms with Gasteiger partial charge in [-0.2, -0.15) is 10.4 Å². The van der Waals surface area contributed by atoms with Gasteiger partial charge in [-0.3, -0.25) is 4.68 Å². The Balaban J connectivity index is 2.06. The van der Waals surface area contributed by atoms with E-state index >= 15 is 0 Å². The van der Waals surface area contributed by atoms with Crippen LogP contribution in [0.3, 0.4) is 0 Å². The van der Waals surface area contributed by atoms with Gasteiger partial charge in [-0.05, 0) is 30.4 Å². The predicted molar refractivity (Wildman–Crippen MR) is 71.4 cm³/mol. The average molecular weight is 252 g/mol. The first kappa shape index (κ1) is 11.9. The normalized spacial score (nSPS) is 21.7. The van der Waals surface area contributed by atoms with Crippen LogP contribution >= 0.6 is 0 Å². The van der Waals surface area contributed by atoms with Gasteiger partial charge >= 0.3 is 0 Å². The summed E-state index contributed by atoms with van der Waals surface area (Å²) in [5.41, 5.74) is 2.03. The van der Waals surface area contributed by atoms with Gasteiger partial charge in [0.1, 0.15) is 12.2 Å². The molecule has 0 aliphatic heterocycles. The van der Waals surface area contributed by atoms with Gasteiger partial charge in [0.25, 0.3) is 0 Å². The van der Waals surface area contributed by atoms with E-state index in [2.05, 4.69) is 34.4 Å². The lowest BCUT2D eigenvalue weighted by Crippen LogP contribution is -2.32. The van der Waals surface area contributed by atoms with E-state index in [9.17, 15) is 5.26 Å². The third-order valence-electron chi connectivity index (χ3n) is 4.06. The van der Waals surface area contributed by atoms with E-state index < -0.39 is 5.41 Å². The molecule has 0 N–H and O–H groups in total. The highest BCUT2D eigenvalue weighted by atomic mass is 15.3. The molecule has 1 aliphatic carbocycles. The summed E-state index contributed by atoms with van der Waals surface area (Å²) in [6.45, 7) is 0. The monoisotopic (exact) mass is 252 g/mol. The number of aryl methyl sites for hydroxylation is 2. The molecule has 1 atom stereocenters. The van der Waals surface area contributed by atoms with Crippen LogP contribution in [0.2, 0.25) is 0 Å². The fourth-order valence-electron chi connectivity index (χ4n) is 3.01. The maximum atomic E-state index is 9.77. The van der Waals surface area contributed by atoms with Crippen LogP contribution in [-0.2, 0) is 25.3 Å². The maximum Gasteiger partial charge on any atom is 0.138 e. The minimum atomic E-state index is -0.449. The predicted octanol–water partition coefficient (Wildman–Crippen LogP) is 2.16. The number of rotatable bonds is 2. The van der Waals surface area contributed by atoms with Crippen LogP contribution in [-0.4, -0.2) is 14.8 Å². The first-order chi connectivity index (χ1) is 9.25. The second-order valence-electron chi connectivity index (χ2n) is 5.18. The minimum Gasteiger partial charge on any atom is -0.253 e. The Hall–Kier alpha value is -2.15. The van der Waals surface area contributed by atoms with Crippen molar-refractivity contribution in [1.29, 1.82) is 5.26 Å². The van der Waals surface area contributed by atoms with Gasteiger partial charge in [0.15, 0.2) is 0 Å². The van der Waals surface area contributed by atoms with Gasteiger partial charge in [-0.1, -0.05) is 24.3 Å². The van der Waals surface area contributed by atoms with Gasteiger partial charge in [0.2, 0.25) is 0 Å². The summed E-state index contributed by atoms with van der Waals surface area (Å²) in [6.07, 6.45) is 5.21. The molecule has 2 aromatic rings. The lowest BCUT2D eigenvalue weighted by atomic mass is 9.69. The second-order valence-corrected chi connectivity index (χ2v) is 5.18. The molecule has 0 amide bonds. The van der Waals surface area contributed by atoms with Gasteiger partial charge in [-0.25, -0.2) is 4.98 Å². The average Bonchev–Trinajstić information content (AvgIpc) is 2.84. The number of aromatic nitrogens is 3. The number of nitrogens with zero attached hydrogens (tertiary/aromatic N) is 4. The van der Waals surface area contributed by atoms with Crippen LogP contribution in [0.1, 0.15) is 29.8 Å². The summed E-state index contributed by atoms with van der Waals surface area (Å²) in [5.74, 6) is 0.873. The van der Waals surface area contributed by atoms with Gasteiger partial charge < -0.3 is 0 Å². The summed E-state index contributed by atoms with van der Waals surface area (Å²) in [5, 5.41) is 13.9. The lowest BCUT2D eigenvalue weighted by Gasteiger charge is -2.32. The van der Waals surface area contributed by atoms with Crippen molar-refractivity contribution in [1.82, 2.24) is 14.8 Å². The molecule has 4 heteroatoms. The fraction of sp³-hybridized carbons (Fsp3) is 0.400. The quantitative estimate of drug-likeness (QED) is 0.823. The van der Waals surface area contributed by atoms with Crippen LogP contribution in [0.15, 0.2) is 30.6 Å². The number of hydrogen-bond donors (Lipinski definition) is 0. The van der Waals surface area contributed by atoms with Crippen molar-refractivity contribution in [2.45, 2.75) is 31.1 Å². The van der Waals surface area contributed by atoms with Crippen LogP contribution < -0.4 is 0 Å². The topological polar surface area (TPSA) is 54.5 Å². The molecule has 0 fully saturated rings. The molecule has 96 valence electrons. The molecule has 1 unspecified atom stereocenters. The first-order valence-electron chi connectivity index (χ1n) is 6.58. The summed E-state index contributed by atoms with van der Waals surface area (Å²) in [7, 11) is 1.88. The van der Waals surface area contributed by atoms with Gasteiger partial charge in [-0.15, -0.1) is 0 Å². The highest BCUT2D eigenvalue weighted by Gasteiger charge is 2.37. The summed E-state index contributed by atoms with van der Waals surface area (Å²) in [4.78, 5) is 4.28. The Kier molecular flexibility index (Phi) is 2.83. The number of nitriles is 1. The van der Waals surface area contributed by atoms with Gasteiger partial charge in [0, 0.05) is 13.5 Å². The molecule has 0 spiro atoms. The number of benzene rings is 1. The minimum absolute atomic E-state index is 0.449. The lowest BCUT2D eigenvalue weighted by molar-refractivity contribution is 0.433. The molecule has 19 heavy (non-hydrogen) atoms. The zero-order valence-electron chi connectivity index (χ0n) is 11.0. The molecule has 0 bridgehead atoms. The van der Waals surface area contributed by atoms with Crippen molar-refractivity contribution in [3.05, 3.63) is 47.5 Å². The summed E-state index contributed by atoms with van der Waals surface area (Å²) >= 11 is 0. The van der Waals surface area contributed by atoms with E-state index in [4.69, 9.17) is 0 Å². The zero-order valence-corrected chi connectivity index (χ0v) is 11.0. The van der Waals surface area contributed by atoms with Crippen LogP contribution in [0.5, 0.6) is 0 Å². The first-order valence-corrected chi connectivity index (χ1v) is 6.58. The Bertz CT molecular complexity index is 638. The highest BCUT2D eigenvalue weighted by Crippen LogP contribution is 2.39. The van der Waals surface area contributed by atoms with Crippen molar-refractivity contribution in [2.75, 3.05) is 0 Å². The van der Waals surface area contributed by atoms with E-state index in [0.29, 0.717) is 6.42 Å². The molecule has 0 saturated carbocycles. The standard InChI is InChI=1S/C15H16N4/c1-19-14(17-11-18-19)9-15(10-16)8-4-6-12-5-2-3-7-13(12)15/h2-3,5,7,11H,4,6,8-9H2,1H3. The maximum absolute atomic E-state index is 9.77. The molecule has 1 aromatic carbocycles. The molecule has 0 saturated heterocycles. The molecule has 1 aliphatic rings. The third kappa shape index (κ3) is 1.91. The smallest absolute Gasteiger partial charge is 0.138 e. The van der Waals surface area contributed by atoms with Crippen molar-refractivity contribution in [3.8, 4) is 6.07 Å². The Morgan fingerprint density at radius 2 is 2.26 bits per heavy atom. The van der Waals surface area contributed by atoms with Crippen molar-refractivity contribution < 1.29 is 0 Å². The Morgan fingerprint density at radius 3 is 3.00 bits per heavy atom. The van der Waals surface area contributed by atoms with E-state index in [1.54, 1.807) is 11.0 Å². The zero-order chi connectivity index (χ0) is 13.3. The summed E-state index contributed by atoms with van der Waals surface area (Å²) in [6, 6.07) is 10.9. The van der Waals surface area contributed by atoms with Crippen molar-refractivity contribution in [3.63, 3.8) is 0 Å². The second kappa shape index (κ2) is 4.51. The molecule has 0 radical (unpaired) electrons. The number of hydrogen-bond acceptors (Lipinski definition) is 3. The Morgan fingerprint density at radius 1 is 1.42 bits per heavy atom. The SMILES string of the molecule is Cn1ncnc1CC1(C#N)CCCc2ccccc21. The van der Waals surface area contributed by atoms with E-state index in [0.717, 1.165) is 25.1 Å². The summed E-state index contributed by atoms with van der Waals surface area (Å²) < 4.78 is 1.76. The van der Waals surface area contributed by atoms with E-state index in [-0.39, 0.29) is 0 Å². The van der Waals surface area contributed by atoms with Crippen molar-refractivity contribution in [2.24, 2.45) is 7.05 Å². The number of fused-ring (bicyclic) bond motifs is 1. The molecule has 3 rings (SSSR count). The van der Waals surface area contributed by atoms with E-state index in [1.165, 1.54) is 11.1 Å². The largest absolute Gasteiger partial charge is 0.253 e.